The van der Waals surface area contributed by atoms with Gasteiger partial charge in [-0.2, -0.15) is 0 Å². The highest BCUT2D eigenvalue weighted by Gasteiger charge is 2.37. The second-order valence-corrected chi connectivity index (χ2v) is 7.72. The van der Waals surface area contributed by atoms with Gasteiger partial charge in [-0.1, -0.05) is 6.08 Å². The van der Waals surface area contributed by atoms with E-state index in [-0.39, 0.29) is 5.79 Å². The summed E-state index contributed by atoms with van der Waals surface area (Å²) < 4.78 is 11.6. The van der Waals surface area contributed by atoms with Crippen LogP contribution < -0.4 is 5.09 Å². The molecule has 1 atom stereocenters. The molecule has 1 heterocycles. The number of benzene rings is 1. The lowest BCUT2D eigenvalue weighted by Gasteiger charge is -2.31. The lowest BCUT2D eigenvalue weighted by Crippen LogP contribution is -2.31. The molecule has 1 fully saturated rings. The molecule has 1 aromatic rings. The maximum atomic E-state index is 7.57. The Labute approximate surface area is 145 Å². The van der Waals surface area contributed by atoms with Crippen LogP contribution in [0.15, 0.2) is 18.2 Å². The zero-order valence-electron chi connectivity index (χ0n) is 12.5. The van der Waals surface area contributed by atoms with Crippen LogP contribution in [0.2, 0.25) is 0 Å². The largest absolute Gasteiger partial charge is 0.358 e. The molecule has 0 aromatic heterocycles. The first kappa shape index (κ1) is 16.4. The molecule has 2 aliphatic rings. The lowest BCUT2D eigenvalue weighted by molar-refractivity contribution is -0.159. The molecule has 0 saturated carbocycles. The average Bonchev–Trinajstić information content (AvgIpc) is 2.98. The van der Waals surface area contributed by atoms with Gasteiger partial charge < -0.3 is 20.0 Å². The molecule has 118 valence electrons. The SMILES string of the molecule is Cc1cc(C=N)c(NPI)cc1C1=CCC2(CC1)OCCO2. The van der Waals surface area contributed by atoms with Crippen LogP contribution in [-0.4, -0.2) is 25.2 Å². The van der Waals surface area contributed by atoms with E-state index in [0.717, 1.165) is 30.5 Å². The van der Waals surface area contributed by atoms with Gasteiger partial charge in [-0.25, -0.2) is 0 Å². The lowest BCUT2D eigenvalue weighted by atomic mass is 9.87. The fourth-order valence-corrected chi connectivity index (χ4v) is 4.36. The van der Waals surface area contributed by atoms with E-state index in [0.29, 0.717) is 19.6 Å². The van der Waals surface area contributed by atoms with Crippen molar-refractivity contribution in [3.63, 3.8) is 0 Å². The first-order valence-electron chi connectivity index (χ1n) is 7.41. The molecule has 3 rings (SSSR count). The molecular weight excluding hydrogens is 410 g/mol. The minimum atomic E-state index is -0.364. The summed E-state index contributed by atoms with van der Waals surface area (Å²) in [6.45, 7) is 3.54. The molecule has 1 aromatic carbocycles. The molecule has 0 bridgehead atoms. The third-order valence-corrected chi connectivity index (χ3v) is 5.50. The van der Waals surface area contributed by atoms with Crippen molar-refractivity contribution >= 4 is 45.9 Å². The topological polar surface area (TPSA) is 54.3 Å². The number of nitrogens with one attached hydrogen (secondary N) is 2. The normalized spacial score (nSPS) is 20.5. The summed E-state index contributed by atoms with van der Waals surface area (Å²) >= 11 is 2.31. The van der Waals surface area contributed by atoms with Crippen LogP contribution in [0.4, 0.5) is 5.69 Å². The molecule has 6 heteroatoms. The van der Waals surface area contributed by atoms with E-state index < -0.39 is 0 Å². The van der Waals surface area contributed by atoms with E-state index in [4.69, 9.17) is 14.9 Å². The second kappa shape index (κ2) is 6.95. The quantitative estimate of drug-likeness (QED) is 0.415. The first-order valence-corrected chi connectivity index (χ1v) is 11.5. The Balaban J connectivity index is 1.89. The summed E-state index contributed by atoms with van der Waals surface area (Å²) in [6, 6.07) is 4.27. The number of hydrogen-bond acceptors (Lipinski definition) is 4. The third kappa shape index (κ3) is 3.23. The Bertz CT molecular complexity index is 612. The molecule has 22 heavy (non-hydrogen) atoms. The van der Waals surface area contributed by atoms with E-state index in [1.54, 1.807) is 0 Å². The smallest absolute Gasteiger partial charge is 0.172 e. The van der Waals surface area contributed by atoms with Crippen molar-refractivity contribution < 1.29 is 9.47 Å². The summed E-state index contributed by atoms with van der Waals surface area (Å²) in [5, 5.41) is 10.9. The van der Waals surface area contributed by atoms with Gasteiger partial charge in [0.25, 0.3) is 0 Å². The number of halogens is 1. The number of anilines is 1. The summed E-state index contributed by atoms with van der Waals surface area (Å²) in [4.78, 5) is 0. The molecule has 1 spiro atoms. The molecular formula is C16H20IN2O2P. The Kier molecular flexibility index (Phi) is 5.17. The van der Waals surface area contributed by atoms with Gasteiger partial charge >= 0.3 is 0 Å². The second-order valence-electron chi connectivity index (χ2n) is 5.66. The van der Waals surface area contributed by atoms with Crippen LogP contribution in [0.5, 0.6) is 0 Å². The maximum absolute atomic E-state index is 7.57. The highest BCUT2D eigenvalue weighted by molar-refractivity contribution is 14.2. The molecule has 1 aliphatic heterocycles. The van der Waals surface area contributed by atoms with Crippen molar-refractivity contribution in [1.29, 1.82) is 5.41 Å². The Hall–Kier alpha value is -0.490. The molecule has 1 saturated heterocycles. The van der Waals surface area contributed by atoms with Crippen molar-refractivity contribution in [1.82, 2.24) is 0 Å². The van der Waals surface area contributed by atoms with Gasteiger partial charge in [0.15, 0.2) is 5.79 Å². The van der Waals surface area contributed by atoms with Crippen LogP contribution >= 0.6 is 28.4 Å². The van der Waals surface area contributed by atoms with Crippen LogP contribution in [0, 0.1) is 12.3 Å². The predicted octanol–water partition coefficient (Wildman–Crippen LogP) is 4.66. The summed E-state index contributed by atoms with van der Waals surface area (Å²) in [5.41, 5.74) is 5.84. The molecule has 0 amide bonds. The molecule has 0 radical (unpaired) electrons. The van der Waals surface area contributed by atoms with Gasteiger partial charge in [0, 0.05) is 36.7 Å². The van der Waals surface area contributed by atoms with Crippen LogP contribution in [0.1, 0.15) is 36.0 Å². The fraction of sp³-hybridized carbons (Fsp3) is 0.438. The minimum absolute atomic E-state index is 0.364. The van der Waals surface area contributed by atoms with Gasteiger partial charge in [0.05, 0.1) is 13.2 Å². The molecule has 4 nitrogen and oxygen atoms in total. The number of allylic oxidation sites excluding steroid dienone is 1. The zero-order chi connectivity index (χ0) is 15.6. The van der Waals surface area contributed by atoms with Crippen molar-refractivity contribution in [3.05, 3.63) is 34.9 Å². The summed E-state index contributed by atoms with van der Waals surface area (Å²) in [6.07, 6.45) is 6.98. The predicted molar refractivity (Wildman–Crippen MR) is 101 cm³/mol. The van der Waals surface area contributed by atoms with Crippen molar-refractivity contribution in [3.8, 4) is 0 Å². The van der Waals surface area contributed by atoms with Crippen molar-refractivity contribution in [2.75, 3.05) is 18.3 Å². The highest BCUT2D eigenvalue weighted by Crippen LogP contribution is 2.40. The van der Waals surface area contributed by atoms with E-state index >= 15 is 0 Å². The summed E-state index contributed by atoms with van der Waals surface area (Å²) in [7, 11) is 0. The van der Waals surface area contributed by atoms with Crippen LogP contribution in [0.25, 0.3) is 5.57 Å². The molecule has 1 aliphatic carbocycles. The van der Waals surface area contributed by atoms with Gasteiger partial charge in [0.1, 0.15) is 0 Å². The van der Waals surface area contributed by atoms with Gasteiger partial charge in [-0.05, 0) is 64.2 Å². The number of hydrogen-bond donors (Lipinski definition) is 2. The monoisotopic (exact) mass is 430 g/mol. The summed E-state index contributed by atoms with van der Waals surface area (Å²) in [5.74, 6) is -0.364. The zero-order valence-corrected chi connectivity index (χ0v) is 15.7. The maximum Gasteiger partial charge on any atom is 0.172 e. The Morgan fingerprint density at radius 1 is 1.36 bits per heavy atom. The first-order chi connectivity index (χ1) is 10.7. The number of rotatable bonds is 4. The Morgan fingerprint density at radius 3 is 2.73 bits per heavy atom. The van der Waals surface area contributed by atoms with E-state index in [1.807, 2.05) is 0 Å². The van der Waals surface area contributed by atoms with Gasteiger partial charge in [-0.15, -0.1) is 0 Å². The van der Waals surface area contributed by atoms with Crippen LogP contribution in [-0.2, 0) is 9.47 Å². The third-order valence-electron chi connectivity index (χ3n) is 4.33. The average molecular weight is 430 g/mol. The molecule has 1 unspecified atom stereocenters. The van der Waals surface area contributed by atoms with E-state index in [1.165, 1.54) is 22.9 Å². The van der Waals surface area contributed by atoms with E-state index in [2.05, 4.69) is 52.3 Å². The minimum Gasteiger partial charge on any atom is -0.358 e. The number of aryl methyl sites for hydroxylation is 1. The fourth-order valence-electron chi connectivity index (χ4n) is 3.17. The van der Waals surface area contributed by atoms with Gasteiger partial charge in [-0.3, -0.25) is 0 Å². The number of ether oxygens (including phenoxy) is 2. The highest BCUT2D eigenvalue weighted by atomic mass is 127. The standard InChI is InChI=1S/C16H20IN2O2P/c1-11-8-13(10-18)15(19-22-17)9-14(11)12-2-4-16(5-3-12)20-6-7-21-16/h2,8-10,18-19,22H,3-7H2,1H3. The van der Waals surface area contributed by atoms with Crippen molar-refractivity contribution in [2.24, 2.45) is 0 Å². The van der Waals surface area contributed by atoms with Gasteiger partial charge in [0.2, 0.25) is 0 Å². The van der Waals surface area contributed by atoms with Crippen molar-refractivity contribution in [2.45, 2.75) is 32.0 Å². The van der Waals surface area contributed by atoms with E-state index in [9.17, 15) is 0 Å². The molecule has 2 N–H and O–H groups in total. The van der Waals surface area contributed by atoms with Crippen LogP contribution in [0.3, 0.4) is 0 Å². The Morgan fingerprint density at radius 2 is 2.14 bits per heavy atom.